The summed E-state index contributed by atoms with van der Waals surface area (Å²) in [5.41, 5.74) is 8.00. The molecule has 0 saturated heterocycles. The summed E-state index contributed by atoms with van der Waals surface area (Å²) in [5, 5.41) is 3.45. The first kappa shape index (κ1) is 11.7. The van der Waals surface area contributed by atoms with Gasteiger partial charge in [0.2, 0.25) is 0 Å². The van der Waals surface area contributed by atoms with Gasteiger partial charge in [0.15, 0.2) is 0 Å². The number of hydrogen-bond donors (Lipinski definition) is 2. The fourth-order valence-electron chi connectivity index (χ4n) is 2.34. The largest absolute Gasteiger partial charge is 0.396 e. The molecule has 88 valence electrons. The SMILES string of the molecule is CC1(CNc2c(N)cncc2Br)CCCC1. The fourth-order valence-corrected chi connectivity index (χ4v) is 2.83. The van der Waals surface area contributed by atoms with Crippen molar-refractivity contribution in [2.24, 2.45) is 5.41 Å². The molecular weight excluding hydrogens is 266 g/mol. The van der Waals surface area contributed by atoms with E-state index >= 15 is 0 Å². The van der Waals surface area contributed by atoms with Gasteiger partial charge in [-0.15, -0.1) is 0 Å². The standard InChI is InChI=1S/C12H18BrN3/c1-12(4-2-3-5-12)8-16-11-9(13)6-15-7-10(11)14/h6-7H,2-5,8,14H2,1H3,(H,15,16). The van der Waals surface area contributed by atoms with Crippen LogP contribution in [-0.2, 0) is 0 Å². The highest BCUT2D eigenvalue weighted by Crippen LogP contribution is 2.38. The van der Waals surface area contributed by atoms with Gasteiger partial charge in [-0.2, -0.15) is 0 Å². The van der Waals surface area contributed by atoms with Crippen molar-refractivity contribution in [3.05, 3.63) is 16.9 Å². The lowest BCUT2D eigenvalue weighted by atomic mass is 9.89. The van der Waals surface area contributed by atoms with E-state index in [2.05, 4.69) is 33.2 Å². The van der Waals surface area contributed by atoms with E-state index in [0.717, 1.165) is 16.7 Å². The van der Waals surface area contributed by atoms with Crippen LogP contribution in [0.15, 0.2) is 16.9 Å². The van der Waals surface area contributed by atoms with E-state index in [1.165, 1.54) is 25.7 Å². The zero-order valence-corrected chi connectivity index (χ0v) is 11.2. The number of nitrogens with zero attached hydrogens (tertiary/aromatic N) is 1. The number of nitrogens with two attached hydrogens (primary N) is 1. The smallest absolute Gasteiger partial charge is 0.0750 e. The van der Waals surface area contributed by atoms with Crippen LogP contribution < -0.4 is 11.1 Å². The number of nitrogens with one attached hydrogen (secondary N) is 1. The Hall–Kier alpha value is -0.770. The van der Waals surface area contributed by atoms with Gasteiger partial charge in [0.1, 0.15) is 0 Å². The summed E-state index contributed by atoms with van der Waals surface area (Å²) in [6.07, 6.45) is 8.78. The van der Waals surface area contributed by atoms with E-state index in [1.54, 1.807) is 12.4 Å². The van der Waals surface area contributed by atoms with Gasteiger partial charge in [-0.25, -0.2) is 0 Å². The molecule has 3 nitrogen and oxygen atoms in total. The van der Waals surface area contributed by atoms with Gasteiger partial charge in [-0.3, -0.25) is 4.98 Å². The quantitative estimate of drug-likeness (QED) is 0.894. The zero-order chi connectivity index (χ0) is 11.6. The lowest BCUT2D eigenvalue weighted by Gasteiger charge is -2.25. The van der Waals surface area contributed by atoms with Crippen LogP contribution in [0.5, 0.6) is 0 Å². The van der Waals surface area contributed by atoms with Crippen LogP contribution >= 0.6 is 15.9 Å². The van der Waals surface area contributed by atoms with Crippen molar-refractivity contribution >= 4 is 27.3 Å². The van der Waals surface area contributed by atoms with Crippen molar-refractivity contribution in [2.75, 3.05) is 17.6 Å². The van der Waals surface area contributed by atoms with Gasteiger partial charge < -0.3 is 11.1 Å². The van der Waals surface area contributed by atoms with Gasteiger partial charge in [-0.1, -0.05) is 19.8 Å². The monoisotopic (exact) mass is 283 g/mol. The van der Waals surface area contributed by atoms with Gasteiger partial charge in [-0.05, 0) is 34.2 Å². The molecule has 1 aromatic rings. The minimum Gasteiger partial charge on any atom is -0.396 e. The predicted octanol–water partition coefficient (Wildman–Crippen LogP) is 3.42. The lowest BCUT2D eigenvalue weighted by molar-refractivity contribution is 0.362. The molecular formula is C12H18BrN3. The molecule has 4 heteroatoms. The molecule has 1 heterocycles. The molecule has 0 atom stereocenters. The highest BCUT2D eigenvalue weighted by Gasteiger charge is 2.28. The van der Waals surface area contributed by atoms with Crippen molar-refractivity contribution < 1.29 is 0 Å². The molecule has 16 heavy (non-hydrogen) atoms. The second kappa shape index (κ2) is 4.62. The topological polar surface area (TPSA) is 50.9 Å². The molecule has 1 aromatic heterocycles. The Morgan fingerprint density at radius 2 is 2.12 bits per heavy atom. The number of pyridine rings is 1. The third-order valence-electron chi connectivity index (χ3n) is 3.43. The Morgan fingerprint density at radius 3 is 2.75 bits per heavy atom. The van der Waals surface area contributed by atoms with E-state index in [9.17, 15) is 0 Å². The first-order valence-electron chi connectivity index (χ1n) is 5.74. The van der Waals surface area contributed by atoms with Crippen molar-refractivity contribution in [1.29, 1.82) is 0 Å². The predicted molar refractivity (Wildman–Crippen MR) is 71.4 cm³/mol. The number of rotatable bonds is 3. The normalized spacial score (nSPS) is 18.6. The molecule has 0 unspecified atom stereocenters. The minimum atomic E-state index is 0.426. The molecule has 0 amide bonds. The molecule has 1 aliphatic carbocycles. The van der Waals surface area contributed by atoms with Gasteiger partial charge >= 0.3 is 0 Å². The molecule has 1 saturated carbocycles. The van der Waals surface area contributed by atoms with Crippen LogP contribution in [0.25, 0.3) is 0 Å². The summed E-state index contributed by atoms with van der Waals surface area (Å²) < 4.78 is 0.939. The van der Waals surface area contributed by atoms with Crippen molar-refractivity contribution in [2.45, 2.75) is 32.6 Å². The summed E-state index contributed by atoms with van der Waals surface area (Å²) in [6, 6.07) is 0. The van der Waals surface area contributed by atoms with Crippen molar-refractivity contribution in [1.82, 2.24) is 4.98 Å². The highest BCUT2D eigenvalue weighted by molar-refractivity contribution is 9.10. The third-order valence-corrected chi connectivity index (χ3v) is 4.03. The second-order valence-electron chi connectivity index (χ2n) is 4.96. The number of anilines is 2. The van der Waals surface area contributed by atoms with Crippen LogP contribution in [0.4, 0.5) is 11.4 Å². The minimum absolute atomic E-state index is 0.426. The van der Waals surface area contributed by atoms with Gasteiger partial charge in [0, 0.05) is 12.7 Å². The Balaban J connectivity index is 2.04. The average molecular weight is 284 g/mol. The maximum atomic E-state index is 5.89. The third kappa shape index (κ3) is 2.48. The summed E-state index contributed by atoms with van der Waals surface area (Å²) in [4.78, 5) is 4.03. The molecule has 0 bridgehead atoms. The molecule has 0 aromatic carbocycles. The van der Waals surface area contributed by atoms with Crippen LogP contribution in [0, 0.1) is 5.41 Å². The Kier molecular flexibility index (Phi) is 3.38. The summed E-state index contributed by atoms with van der Waals surface area (Å²) >= 11 is 3.47. The average Bonchev–Trinajstić information content (AvgIpc) is 2.65. The van der Waals surface area contributed by atoms with Gasteiger partial charge in [0.25, 0.3) is 0 Å². The number of nitrogen functional groups attached to an aromatic ring is 1. The summed E-state index contributed by atoms with van der Waals surface area (Å²) in [7, 11) is 0. The number of hydrogen-bond acceptors (Lipinski definition) is 3. The van der Waals surface area contributed by atoms with Crippen LogP contribution in [0.3, 0.4) is 0 Å². The molecule has 0 spiro atoms. The lowest BCUT2D eigenvalue weighted by Crippen LogP contribution is -2.23. The molecule has 0 radical (unpaired) electrons. The summed E-state index contributed by atoms with van der Waals surface area (Å²) in [5.74, 6) is 0. The molecule has 1 fully saturated rings. The van der Waals surface area contributed by atoms with Crippen molar-refractivity contribution in [3.63, 3.8) is 0 Å². The Labute approximate surface area is 105 Å². The van der Waals surface area contributed by atoms with E-state index in [0.29, 0.717) is 11.1 Å². The molecule has 0 aliphatic heterocycles. The highest BCUT2D eigenvalue weighted by atomic mass is 79.9. The number of halogens is 1. The van der Waals surface area contributed by atoms with Crippen LogP contribution in [-0.4, -0.2) is 11.5 Å². The van der Waals surface area contributed by atoms with Crippen LogP contribution in [0.1, 0.15) is 32.6 Å². The fraction of sp³-hybridized carbons (Fsp3) is 0.583. The zero-order valence-electron chi connectivity index (χ0n) is 9.59. The first-order valence-corrected chi connectivity index (χ1v) is 6.53. The van der Waals surface area contributed by atoms with Gasteiger partial charge in [0.05, 0.1) is 22.0 Å². The second-order valence-corrected chi connectivity index (χ2v) is 5.81. The Morgan fingerprint density at radius 1 is 1.44 bits per heavy atom. The van der Waals surface area contributed by atoms with Crippen LogP contribution in [0.2, 0.25) is 0 Å². The van der Waals surface area contributed by atoms with E-state index in [1.807, 2.05) is 0 Å². The maximum absolute atomic E-state index is 5.89. The van der Waals surface area contributed by atoms with E-state index in [-0.39, 0.29) is 0 Å². The van der Waals surface area contributed by atoms with Crippen molar-refractivity contribution in [3.8, 4) is 0 Å². The molecule has 2 rings (SSSR count). The van der Waals surface area contributed by atoms with E-state index < -0.39 is 0 Å². The Bertz CT molecular complexity index is 352. The molecule has 3 N–H and O–H groups in total. The number of aromatic nitrogens is 1. The summed E-state index contributed by atoms with van der Waals surface area (Å²) in [6.45, 7) is 3.33. The first-order chi connectivity index (χ1) is 7.61. The molecule has 1 aliphatic rings. The maximum Gasteiger partial charge on any atom is 0.0750 e. The van der Waals surface area contributed by atoms with E-state index in [4.69, 9.17) is 5.73 Å².